The van der Waals surface area contributed by atoms with Gasteiger partial charge in [0.2, 0.25) is 5.69 Å². The van der Waals surface area contributed by atoms with Crippen molar-refractivity contribution >= 4 is 17.2 Å². The van der Waals surface area contributed by atoms with Crippen molar-refractivity contribution in [3.8, 4) is 34.5 Å². The van der Waals surface area contributed by atoms with Crippen molar-refractivity contribution in [1.82, 2.24) is 0 Å². The molecule has 3 aromatic carbocycles. The highest BCUT2D eigenvalue weighted by Crippen LogP contribution is 2.69. The van der Waals surface area contributed by atoms with Crippen LogP contribution in [-0.2, 0) is 21.9 Å². The first-order valence-electron chi connectivity index (χ1n) is 19.0. The Morgan fingerprint density at radius 3 is 1.96 bits per heavy atom. The van der Waals surface area contributed by atoms with Crippen LogP contribution in [0.15, 0.2) is 72.8 Å². The van der Waals surface area contributed by atoms with E-state index in [-0.39, 0.29) is 16.2 Å². The lowest BCUT2D eigenvalue weighted by atomic mass is 9.48. The van der Waals surface area contributed by atoms with E-state index in [1.54, 1.807) is 0 Å². The second-order valence-electron chi connectivity index (χ2n) is 18.4. The Kier molecular flexibility index (Phi) is 3.94. The molecule has 0 amide bonds. The normalized spacial score (nSPS) is 30.9. The molecule has 0 radical (unpaired) electrons. The van der Waals surface area contributed by atoms with Gasteiger partial charge in [-0.1, -0.05) is 58.0 Å². The molecule has 1 spiro atoms. The standard InChI is InChI=1S/C45H39N3O2/c1-42(2)27-7-5-8-28-39(27)46-40-29(42)12-14-35-38(40)45-37-33(49-35)9-6-10-34(37)50-36-19-26(44-20-23-15-24(21-44)17-25(16-23)22-44)18-32(47(36)45)31-13-11-30(43(28,3)4)41(46)48(31)45/h5-14,18-19,23-25H,15-17,20-22H2,1-4H3/q+2. The highest BCUT2D eigenvalue weighted by molar-refractivity contribution is 5.95. The van der Waals surface area contributed by atoms with Crippen LogP contribution in [0.2, 0.25) is 0 Å². The monoisotopic (exact) mass is 653 g/mol. The molecule has 244 valence electrons. The molecule has 2 aromatic heterocycles. The van der Waals surface area contributed by atoms with Gasteiger partial charge in [-0.2, -0.15) is 4.90 Å². The number of pyridine rings is 2. The number of hydrogen-bond donors (Lipinski definition) is 0. The van der Waals surface area contributed by atoms with Gasteiger partial charge in [-0.3, -0.25) is 0 Å². The van der Waals surface area contributed by atoms with Gasteiger partial charge < -0.3 is 9.47 Å². The second kappa shape index (κ2) is 7.51. The minimum Gasteiger partial charge on any atom is -0.455 e. The third kappa shape index (κ3) is 2.45. The Bertz CT molecular complexity index is 2510. The topological polar surface area (TPSA) is 29.5 Å². The molecule has 8 heterocycles. The maximum absolute atomic E-state index is 7.15. The number of fused-ring (bicyclic) bond motifs is 1. The van der Waals surface area contributed by atoms with Crippen LogP contribution in [0.3, 0.4) is 0 Å². The number of para-hydroxylation sites is 1. The van der Waals surface area contributed by atoms with Crippen LogP contribution in [0.25, 0.3) is 11.4 Å². The number of ether oxygens (including phenoxy) is 2. The molecule has 4 saturated carbocycles. The van der Waals surface area contributed by atoms with Crippen LogP contribution < -0.4 is 23.5 Å². The summed E-state index contributed by atoms with van der Waals surface area (Å²) in [6.07, 6.45) is 8.33. The summed E-state index contributed by atoms with van der Waals surface area (Å²) >= 11 is 0. The van der Waals surface area contributed by atoms with Crippen molar-refractivity contribution in [2.75, 3.05) is 4.90 Å². The highest BCUT2D eigenvalue weighted by Gasteiger charge is 2.75. The average Bonchev–Trinajstić information content (AvgIpc) is 3.39. The van der Waals surface area contributed by atoms with Gasteiger partial charge in [0.15, 0.2) is 22.6 Å². The van der Waals surface area contributed by atoms with Crippen molar-refractivity contribution < 1.29 is 18.6 Å². The minimum absolute atomic E-state index is 0.191. The number of rotatable bonds is 1. The molecule has 5 aromatic rings. The van der Waals surface area contributed by atoms with Gasteiger partial charge in [-0.15, -0.1) is 9.13 Å². The summed E-state index contributed by atoms with van der Waals surface area (Å²) in [4.78, 5) is 2.65. The molecule has 0 N–H and O–H groups in total. The van der Waals surface area contributed by atoms with Crippen LogP contribution in [-0.4, -0.2) is 0 Å². The number of benzene rings is 3. The van der Waals surface area contributed by atoms with E-state index in [0.717, 1.165) is 46.4 Å². The summed E-state index contributed by atoms with van der Waals surface area (Å²) in [5.74, 6) is 7.65. The fourth-order valence-electron chi connectivity index (χ4n) is 13.8. The van der Waals surface area contributed by atoms with Crippen molar-refractivity contribution in [3.63, 3.8) is 0 Å². The molecule has 10 aliphatic rings. The maximum Gasteiger partial charge on any atom is 0.381 e. The van der Waals surface area contributed by atoms with Crippen molar-refractivity contribution in [2.45, 2.75) is 88.1 Å². The predicted molar refractivity (Wildman–Crippen MR) is 189 cm³/mol. The van der Waals surface area contributed by atoms with Gasteiger partial charge in [0.25, 0.3) is 11.5 Å². The van der Waals surface area contributed by atoms with Crippen LogP contribution >= 0.6 is 0 Å². The summed E-state index contributed by atoms with van der Waals surface area (Å²) in [6.45, 7) is 9.71. The van der Waals surface area contributed by atoms with Gasteiger partial charge >= 0.3 is 11.5 Å². The Morgan fingerprint density at radius 2 is 1.22 bits per heavy atom. The molecule has 5 nitrogen and oxygen atoms in total. The smallest absolute Gasteiger partial charge is 0.381 e. The van der Waals surface area contributed by atoms with E-state index < -0.39 is 5.66 Å². The number of aromatic nitrogens is 2. The number of hydrogen-bond acceptors (Lipinski definition) is 3. The Balaban J connectivity index is 1.18. The number of anilines is 3. The molecular formula is C45H39N3O2+2. The minimum atomic E-state index is -0.666. The molecule has 1 atom stereocenters. The molecule has 6 aliphatic heterocycles. The first-order valence-corrected chi connectivity index (χ1v) is 19.0. The highest BCUT2D eigenvalue weighted by atomic mass is 16.5. The lowest BCUT2D eigenvalue weighted by Crippen LogP contribution is -2.76. The number of nitrogens with zero attached hydrogens (tertiary/aromatic N) is 3. The Hall–Kier alpha value is -4.64. The van der Waals surface area contributed by atoms with Crippen molar-refractivity contribution in [2.24, 2.45) is 17.8 Å². The summed E-state index contributed by atoms with van der Waals surface area (Å²) < 4.78 is 19.5. The lowest BCUT2D eigenvalue weighted by molar-refractivity contribution is -0.937. The van der Waals surface area contributed by atoms with Crippen molar-refractivity contribution in [1.29, 1.82) is 0 Å². The van der Waals surface area contributed by atoms with Gasteiger partial charge in [0.05, 0.1) is 11.6 Å². The molecule has 5 heteroatoms. The summed E-state index contributed by atoms with van der Waals surface area (Å²) in [5, 5.41) is 0. The summed E-state index contributed by atoms with van der Waals surface area (Å²) in [6, 6.07) is 28.1. The van der Waals surface area contributed by atoms with Crippen LogP contribution in [0.4, 0.5) is 17.2 Å². The molecule has 0 saturated heterocycles. The fraction of sp³-hybridized carbons (Fsp3) is 0.378. The molecule has 4 fully saturated rings. The second-order valence-corrected chi connectivity index (χ2v) is 18.4. The molecular weight excluding hydrogens is 615 g/mol. The molecule has 15 rings (SSSR count). The molecule has 4 aliphatic carbocycles. The van der Waals surface area contributed by atoms with E-state index >= 15 is 0 Å². The average molecular weight is 654 g/mol. The third-order valence-corrected chi connectivity index (χ3v) is 15.3. The Labute approximate surface area is 292 Å². The van der Waals surface area contributed by atoms with Gasteiger partial charge in [0.1, 0.15) is 17.2 Å². The van der Waals surface area contributed by atoms with Crippen LogP contribution in [0.5, 0.6) is 23.1 Å². The largest absolute Gasteiger partial charge is 0.455 e. The predicted octanol–water partition coefficient (Wildman–Crippen LogP) is 9.28. The first kappa shape index (κ1) is 26.2. The van der Waals surface area contributed by atoms with Gasteiger partial charge in [-0.05, 0) is 97.6 Å². The summed E-state index contributed by atoms with van der Waals surface area (Å²) in [7, 11) is 0. The van der Waals surface area contributed by atoms with Crippen LogP contribution in [0.1, 0.15) is 105 Å². The lowest BCUT2D eigenvalue weighted by Gasteiger charge is -2.57. The quantitative estimate of drug-likeness (QED) is 0.166. The van der Waals surface area contributed by atoms with E-state index in [1.807, 2.05) is 0 Å². The van der Waals surface area contributed by atoms with E-state index in [4.69, 9.17) is 9.47 Å². The van der Waals surface area contributed by atoms with Crippen LogP contribution in [0, 0.1) is 17.8 Å². The summed E-state index contributed by atoms with van der Waals surface area (Å²) in [5.41, 5.74) is 13.8. The SMILES string of the molecule is CC1(C)c2cccc3c2N2c4c1ccc1c4C45c6c(cccc6Oc6cc(C78CC9CC(CC(C9)C7)C8)cc([n+]64)-c4ccc(c2[n+]45)C3(C)C)O1. The fourth-order valence-corrected chi connectivity index (χ4v) is 13.8. The van der Waals surface area contributed by atoms with Crippen molar-refractivity contribution in [3.05, 3.63) is 112 Å². The molecule has 1 unspecified atom stereocenters. The Morgan fingerprint density at radius 1 is 0.600 bits per heavy atom. The zero-order valence-corrected chi connectivity index (χ0v) is 29.1. The van der Waals surface area contributed by atoms with E-state index in [2.05, 4.69) is 115 Å². The van der Waals surface area contributed by atoms with Gasteiger partial charge in [0, 0.05) is 33.6 Å². The van der Waals surface area contributed by atoms with E-state index in [0.29, 0.717) is 0 Å². The molecule has 50 heavy (non-hydrogen) atoms. The zero-order valence-electron chi connectivity index (χ0n) is 29.1. The first-order chi connectivity index (χ1) is 24.2. The maximum atomic E-state index is 7.15. The van der Waals surface area contributed by atoms with E-state index in [9.17, 15) is 0 Å². The molecule has 4 bridgehead atoms. The third-order valence-electron chi connectivity index (χ3n) is 15.3. The zero-order chi connectivity index (χ0) is 32.8. The van der Waals surface area contributed by atoms with Gasteiger partial charge in [-0.25, -0.2) is 0 Å². The van der Waals surface area contributed by atoms with E-state index in [1.165, 1.54) is 100 Å².